The van der Waals surface area contributed by atoms with Crippen LogP contribution in [0.5, 0.6) is 0 Å². The molecule has 0 aliphatic carbocycles. The van der Waals surface area contributed by atoms with Crippen molar-refractivity contribution < 1.29 is 14.3 Å². The smallest absolute Gasteiger partial charge is 0.230 e. The number of thioether (sulfide) groups is 1. The van der Waals surface area contributed by atoms with Gasteiger partial charge in [0.1, 0.15) is 0 Å². The molecule has 30 heavy (non-hydrogen) atoms. The number of amides is 1. The topological polar surface area (TPSA) is 58.6 Å². The van der Waals surface area contributed by atoms with Gasteiger partial charge >= 0.3 is 0 Å². The Kier molecular flexibility index (Phi) is 9.03. The summed E-state index contributed by atoms with van der Waals surface area (Å²) in [5.41, 5.74) is 1.59. The van der Waals surface area contributed by atoms with Crippen molar-refractivity contribution in [3.05, 3.63) is 69.7 Å². The van der Waals surface area contributed by atoms with Crippen molar-refractivity contribution in [3.63, 3.8) is 0 Å². The van der Waals surface area contributed by atoms with E-state index in [2.05, 4.69) is 10.2 Å². The highest BCUT2D eigenvalue weighted by molar-refractivity contribution is 8.00. The third-order valence-corrected chi connectivity index (χ3v) is 6.40. The van der Waals surface area contributed by atoms with Gasteiger partial charge in [-0.2, -0.15) is 0 Å². The first-order chi connectivity index (χ1) is 14.5. The van der Waals surface area contributed by atoms with E-state index in [4.69, 9.17) is 27.9 Å². The van der Waals surface area contributed by atoms with Crippen LogP contribution in [0.2, 0.25) is 10.0 Å². The molecule has 1 fully saturated rings. The Bertz CT molecular complexity index is 858. The van der Waals surface area contributed by atoms with Gasteiger partial charge in [-0.25, -0.2) is 0 Å². The van der Waals surface area contributed by atoms with E-state index in [9.17, 15) is 9.59 Å². The van der Waals surface area contributed by atoms with Crippen LogP contribution in [0.15, 0.2) is 48.5 Å². The molecule has 1 aliphatic heterocycles. The van der Waals surface area contributed by atoms with Crippen molar-refractivity contribution in [2.45, 2.75) is 6.04 Å². The zero-order valence-electron chi connectivity index (χ0n) is 16.5. The molecule has 8 heteroatoms. The van der Waals surface area contributed by atoms with Gasteiger partial charge < -0.3 is 10.1 Å². The van der Waals surface area contributed by atoms with Gasteiger partial charge in [-0.15, -0.1) is 11.8 Å². The standard InChI is InChI=1S/C22H24Cl2N2O3S/c23-17-7-5-16(6-8-17)21(27)14-30-15-22(28)25-13-20(26-9-11-29-12-10-26)18-3-1-2-4-19(18)24/h1-8,20H,9-15H2,(H,25,28)/t20-/m1/s1. The van der Waals surface area contributed by atoms with E-state index in [-0.39, 0.29) is 29.2 Å². The quantitative estimate of drug-likeness (QED) is 0.563. The Morgan fingerprint density at radius 3 is 2.43 bits per heavy atom. The normalized spacial score (nSPS) is 15.5. The molecule has 0 saturated carbocycles. The number of morpholine rings is 1. The lowest BCUT2D eigenvalue weighted by Crippen LogP contribution is -2.44. The average Bonchev–Trinajstić information content (AvgIpc) is 2.76. The van der Waals surface area contributed by atoms with E-state index in [0.717, 1.165) is 18.7 Å². The van der Waals surface area contributed by atoms with Gasteiger partial charge in [-0.1, -0.05) is 41.4 Å². The predicted octanol–water partition coefficient (Wildman–Crippen LogP) is 4.10. The number of ether oxygens (including phenoxy) is 1. The molecule has 160 valence electrons. The van der Waals surface area contributed by atoms with Crippen LogP contribution in [0, 0.1) is 0 Å². The summed E-state index contributed by atoms with van der Waals surface area (Å²) in [6.07, 6.45) is 0. The number of benzene rings is 2. The SMILES string of the molecule is O=C(CSCC(=O)c1ccc(Cl)cc1)NC[C@H](c1ccccc1Cl)N1CCOCC1. The Morgan fingerprint density at radius 1 is 1.03 bits per heavy atom. The lowest BCUT2D eigenvalue weighted by atomic mass is 10.0. The summed E-state index contributed by atoms with van der Waals surface area (Å²) in [7, 11) is 0. The Balaban J connectivity index is 1.51. The van der Waals surface area contributed by atoms with Crippen LogP contribution in [0.3, 0.4) is 0 Å². The molecule has 1 aliphatic rings. The maximum atomic E-state index is 12.4. The second-order valence-corrected chi connectivity index (χ2v) is 8.74. The number of hydrogen-bond acceptors (Lipinski definition) is 5. The number of rotatable bonds is 9. The van der Waals surface area contributed by atoms with Crippen LogP contribution >= 0.6 is 35.0 Å². The molecular formula is C22H24Cl2N2O3S. The van der Waals surface area contributed by atoms with Crippen LogP contribution in [-0.2, 0) is 9.53 Å². The summed E-state index contributed by atoms with van der Waals surface area (Å²) in [6.45, 7) is 3.36. The first-order valence-corrected chi connectivity index (χ1v) is 11.6. The number of carbonyl (C=O) groups excluding carboxylic acids is 2. The molecule has 1 atom stereocenters. The highest BCUT2D eigenvalue weighted by Gasteiger charge is 2.24. The fourth-order valence-electron chi connectivity index (χ4n) is 3.29. The summed E-state index contributed by atoms with van der Waals surface area (Å²) in [5, 5.41) is 4.27. The minimum absolute atomic E-state index is 0.0211. The van der Waals surface area contributed by atoms with Crippen molar-refractivity contribution in [3.8, 4) is 0 Å². The van der Waals surface area contributed by atoms with Crippen molar-refractivity contribution >= 4 is 46.7 Å². The highest BCUT2D eigenvalue weighted by Crippen LogP contribution is 2.27. The number of Topliss-reactive ketones (excluding diaryl/α,β-unsaturated/α-hetero) is 1. The zero-order valence-corrected chi connectivity index (χ0v) is 18.8. The number of halogens is 2. The van der Waals surface area contributed by atoms with Crippen LogP contribution in [-0.4, -0.2) is 60.9 Å². The van der Waals surface area contributed by atoms with Gasteiger partial charge in [0.05, 0.1) is 30.8 Å². The largest absolute Gasteiger partial charge is 0.379 e. The van der Waals surface area contributed by atoms with Gasteiger partial charge in [0.2, 0.25) is 5.91 Å². The summed E-state index contributed by atoms with van der Waals surface area (Å²) < 4.78 is 5.46. The summed E-state index contributed by atoms with van der Waals surface area (Å²) in [5.74, 6) is 0.338. The van der Waals surface area contributed by atoms with Gasteiger partial charge in [0, 0.05) is 35.2 Å². The Morgan fingerprint density at radius 2 is 1.73 bits per heavy atom. The molecule has 1 amide bonds. The lowest BCUT2D eigenvalue weighted by molar-refractivity contribution is -0.118. The van der Waals surface area contributed by atoms with E-state index >= 15 is 0 Å². The first kappa shape index (κ1) is 23.1. The molecular weight excluding hydrogens is 443 g/mol. The number of carbonyl (C=O) groups is 2. The summed E-state index contributed by atoms with van der Waals surface area (Å²) in [6, 6.07) is 14.5. The fourth-order valence-corrected chi connectivity index (χ4v) is 4.42. The highest BCUT2D eigenvalue weighted by atomic mass is 35.5. The molecule has 3 rings (SSSR count). The van der Waals surface area contributed by atoms with E-state index < -0.39 is 0 Å². The third kappa shape index (κ3) is 6.72. The maximum Gasteiger partial charge on any atom is 0.230 e. The van der Waals surface area contributed by atoms with E-state index in [1.807, 2.05) is 24.3 Å². The second kappa shape index (κ2) is 11.7. The molecule has 2 aromatic rings. The zero-order chi connectivity index (χ0) is 21.3. The van der Waals surface area contributed by atoms with Crippen molar-refractivity contribution in [1.82, 2.24) is 10.2 Å². The second-order valence-electron chi connectivity index (χ2n) is 6.91. The van der Waals surface area contributed by atoms with Gasteiger partial charge in [-0.05, 0) is 35.9 Å². The van der Waals surface area contributed by atoms with Gasteiger partial charge in [0.25, 0.3) is 0 Å². The first-order valence-electron chi connectivity index (χ1n) is 9.74. The lowest BCUT2D eigenvalue weighted by Gasteiger charge is -2.35. The summed E-state index contributed by atoms with van der Waals surface area (Å²) in [4.78, 5) is 26.9. The van der Waals surface area contributed by atoms with Crippen LogP contribution in [0.1, 0.15) is 22.0 Å². The summed E-state index contributed by atoms with van der Waals surface area (Å²) >= 11 is 13.6. The van der Waals surface area contributed by atoms with E-state index in [1.165, 1.54) is 11.8 Å². The molecule has 5 nitrogen and oxygen atoms in total. The minimum Gasteiger partial charge on any atom is -0.379 e. The van der Waals surface area contributed by atoms with Crippen molar-refractivity contribution in [2.24, 2.45) is 0 Å². The number of nitrogens with zero attached hydrogens (tertiary/aromatic N) is 1. The Labute approximate surface area is 191 Å². The molecule has 2 aromatic carbocycles. The minimum atomic E-state index is -0.103. The van der Waals surface area contributed by atoms with Crippen molar-refractivity contribution in [2.75, 3.05) is 44.4 Å². The van der Waals surface area contributed by atoms with Crippen LogP contribution in [0.25, 0.3) is 0 Å². The molecule has 1 saturated heterocycles. The number of ketones is 1. The monoisotopic (exact) mass is 466 g/mol. The van der Waals surface area contributed by atoms with Gasteiger partial charge in [0.15, 0.2) is 5.78 Å². The van der Waals surface area contributed by atoms with E-state index in [1.54, 1.807) is 24.3 Å². The molecule has 0 bridgehead atoms. The number of hydrogen-bond donors (Lipinski definition) is 1. The molecule has 0 unspecified atom stereocenters. The molecule has 0 spiro atoms. The molecule has 0 radical (unpaired) electrons. The van der Waals surface area contributed by atoms with Gasteiger partial charge in [-0.3, -0.25) is 14.5 Å². The predicted molar refractivity (Wildman–Crippen MR) is 123 cm³/mol. The van der Waals surface area contributed by atoms with Crippen LogP contribution < -0.4 is 5.32 Å². The fraction of sp³-hybridized carbons (Fsp3) is 0.364. The van der Waals surface area contributed by atoms with Crippen LogP contribution in [0.4, 0.5) is 0 Å². The Hall–Kier alpha value is -1.57. The molecule has 1 N–H and O–H groups in total. The molecule has 1 heterocycles. The third-order valence-electron chi connectivity index (χ3n) is 4.88. The average molecular weight is 467 g/mol. The maximum absolute atomic E-state index is 12.4. The van der Waals surface area contributed by atoms with Crippen molar-refractivity contribution in [1.29, 1.82) is 0 Å². The van der Waals surface area contributed by atoms with E-state index in [0.29, 0.717) is 35.4 Å². The number of nitrogens with one attached hydrogen (secondary N) is 1. The molecule has 0 aromatic heterocycles.